The minimum atomic E-state index is -3.61. The lowest BCUT2D eigenvalue weighted by atomic mass is 10.2. The van der Waals surface area contributed by atoms with Crippen LogP contribution in [0.25, 0.3) is 0 Å². The van der Waals surface area contributed by atoms with E-state index in [1.54, 1.807) is 0 Å². The molecule has 1 rings (SSSR count). The van der Waals surface area contributed by atoms with Gasteiger partial charge >= 0.3 is 0 Å². The van der Waals surface area contributed by atoms with Gasteiger partial charge in [0.15, 0.2) is 0 Å². The van der Waals surface area contributed by atoms with Gasteiger partial charge in [-0.15, -0.1) is 0 Å². The van der Waals surface area contributed by atoms with E-state index in [0.29, 0.717) is 5.56 Å². The lowest BCUT2D eigenvalue weighted by Gasteiger charge is -2.02. The third kappa shape index (κ3) is 3.80. The van der Waals surface area contributed by atoms with Crippen LogP contribution in [0.5, 0.6) is 0 Å². The van der Waals surface area contributed by atoms with Crippen LogP contribution in [0.4, 0.5) is 5.69 Å². The molecule has 8 heteroatoms. The Labute approximate surface area is 97.9 Å². The molecule has 0 bridgehead atoms. The first-order chi connectivity index (χ1) is 7.44. The molecule has 0 radical (unpaired) electrons. The van der Waals surface area contributed by atoms with Crippen molar-refractivity contribution in [2.24, 2.45) is 0 Å². The molecular weight excluding hydrogens is 254 g/mol. The van der Waals surface area contributed by atoms with Gasteiger partial charge in [-0.3, -0.25) is 14.3 Å². The molecule has 0 fully saturated rings. The Balaban J connectivity index is 2.66. The third-order valence-electron chi connectivity index (χ3n) is 1.71. The van der Waals surface area contributed by atoms with Gasteiger partial charge in [0.1, 0.15) is 5.08 Å². The fourth-order valence-corrected chi connectivity index (χ4v) is 1.52. The maximum Gasteiger partial charge on any atom is 0.276 e. The SMILES string of the molecule is O=[N+]([O-])c1ccc(COS(=O)(=O)CS)cc1. The van der Waals surface area contributed by atoms with Crippen LogP contribution in [0.15, 0.2) is 24.3 Å². The minimum Gasteiger partial charge on any atom is -0.265 e. The Bertz CT molecular complexity index is 468. The summed E-state index contributed by atoms with van der Waals surface area (Å²) in [7, 11) is -3.61. The van der Waals surface area contributed by atoms with Crippen molar-refractivity contribution in [3.8, 4) is 0 Å². The molecule has 88 valence electrons. The Hall–Kier alpha value is -1.12. The quantitative estimate of drug-likeness (QED) is 0.375. The van der Waals surface area contributed by atoms with Gasteiger partial charge in [0.05, 0.1) is 11.5 Å². The number of benzene rings is 1. The van der Waals surface area contributed by atoms with Crippen molar-refractivity contribution >= 4 is 28.4 Å². The Morgan fingerprint density at radius 3 is 2.31 bits per heavy atom. The van der Waals surface area contributed by atoms with Crippen molar-refractivity contribution in [3.63, 3.8) is 0 Å². The normalized spacial score (nSPS) is 11.3. The molecule has 0 spiro atoms. The molecule has 0 N–H and O–H groups in total. The summed E-state index contributed by atoms with van der Waals surface area (Å²) in [4.78, 5) is 9.81. The van der Waals surface area contributed by atoms with Crippen LogP contribution < -0.4 is 0 Å². The number of nitro groups is 1. The summed E-state index contributed by atoms with van der Waals surface area (Å²) in [6.45, 7) is -0.152. The van der Waals surface area contributed by atoms with E-state index in [9.17, 15) is 18.5 Å². The standard InChI is InChI=1S/C8H9NO5S2/c10-9(11)8-3-1-7(2-4-8)5-14-16(12,13)6-15/h1-4,15H,5-6H2. The monoisotopic (exact) mass is 263 g/mol. The molecule has 0 unspecified atom stereocenters. The molecule has 0 saturated carbocycles. The van der Waals surface area contributed by atoms with E-state index in [1.807, 2.05) is 0 Å². The van der Waals surface area contributed by atoms with Crippen molar-refractivity contribution in [1.82, 2.24) is 0 Å². The predicted molar refractivity (Wildman–Crippen MR) is 60.7 cm³/mol. The maximum atomic E-state index is 10.9. The molecule has 0 saturated heterocycles. The van der Waals surface area contributed by atoms with Crippen molar-refractivity contribution < 1.29 is 17.5 Å². The predicted octanol–water partition coefficient (Wildman–Crippen LogP) is 1.33. The van der Waals surface area contributed by atoms with Gasteiger partial charge in [0.25, 0.3) is 15.8 Å². The summed E-state index contributed by atoms with van der Waals surface area (Å²) >= 11 is 3.59. The zero-order valence-corrected chi connectivity index (χ0v) is 9.78. The molecular formula is C8H9NO5S2. The first-order valence-electron chi connectivity index (χ1n) is 4.16. The molecule has 0 aliphatic rings. The summed E-state index contributed by atoms with van der Waals surface area (Å²) in [5, 5.41) is 9.94. The Morgan fingerprint density at radius 1 is 1.31 bits per heavy atom. The second-order valence-electron chi connectivity index (χ2n) is 2.87. The van der Waals surface area contributed by atoms with Crippen molar-refractivity contribution in [1.29, 1.82) is 0 Å². The zero-order chi connectivity index (χ0) is 12.2. The Kier molecular flexibility index (Phi) is 4.27. The van der Waals surface area contributed by atoms with Crippen LogP contribution in [-0.4, -0.2) is 18.4 Å². The van der Waals surface area contributed by atoms with E-state index in [2.05, 4.69) is 16.8 Å². The van der Waals surface area contributed by atoms with Crippen molar-refractivity contribution in [2.45, 2.75) is 6.61 Å². The summed E-state index contributed by atoms with van der Waals surface area (Å²) in [6.07, 6.45) is 0. The number of nitro benzene ring substituents is 1. The van der Waals surface area contributed by atoms with Crippen LogP contribution in [0, 0.1) is 10.1 Å². The number of nitrogens with zero attached hydrogens (tertiary/aromatic N) is 1. The van der Waals surface area contributed by atoms with Crippen LogP contribution in [-0.2, 0) is 20.9 Å². The summed E-state index contributed by atoms with van der Waals surface area (Å²) < 4.78 is 26.5. The van der Waals surface area contributed by atoms with Crippen LogP contribution in [0.1, 0.15) is 5.56 Å². The number of hydrogen-bond acceptors (Lipinski definition) is 6. The van der Waals surface area contributed by atoms with Crippen LogP contribution >= 0.6 is 12.6 Å². The topological polar surface area (TPSA) is 86.5 Å². The smallest absolute Gasteiger partial charge is 0.265 e. The number of rotatable bonds is 5. The maximum absolute atomic E-state index is 10.9. The summed E-state index contributed by atoms with van der Waals surface area (Å²) in [5.41, 5.74) is 0.483. The van der Waals surface area contributed by atoms with E-state index < -0.39 is 20.1 Å². The fourth-order valence-electron chi connectivity index (χ4n) is 0.909. The summed E-state index contributed by atoms with van der Waals surface area (Å²) in [5.74, 6) is 0. The molecule has 0 aliphatic carbocycles. The lowest BCUT2D eigenvalue weighted by Crippen LogP contribution is -2.06. The Morgan fingerprint density at radius 2 is 1.88 bits per heavy atom. The highest BCUT2D eigenvalue weighted by atomic mass is 32.3. The number of hydrogen-bond donors (Lipinski definition) is 1. The van der Waals surface area contributed by atoms with E-state index >= 15 is 0 Å². The molecule has 16 heavy (non-hydrogen) atoms. The van der Waals surface area contributed by atoms with Crippen molar-refractivity contribution in [3.05, 3.63) is 39.9 Å². The van der Waals surface area contributed by atoms with E-state index in [4.69, 9.17) is 0 Å². The highest BCUT2D eigenvalue weighted by molar-refractivity contribution is 8.01. The molecule has 0 aliphatic heterocycles. The fraction of sp³-hybridized carbons (Fsp3) is 0.250. The van der Waals surface area contributed by atoms with E-state index in [0.717, 1.165) is 0 Å². The molecule has 0 heterocycles. The molecule has 0 atom stereocenters. The lowest BCUT2D eigenvalue weighted by molar-refractivity contribution is -0.384. The highest BCUT2D eigenvalue weighted by Gasteiger charge is 2.09. The average Bonchev–Trinajstić information content (AvgIpc) is 2.27. The average molecular weight is 263 g/mol. The van der Waals surface area contributed by atoms with Gasteiger partial charge in [-0.1, -0.05) is 0 Å². The van der Waals surface area contributed by atoms with Gasteiger partial charge in [-0.05, 0) is 17.7 Å². The van der Waals surface area contributed by atoms with Gasteiger partial charge in [0, 0.05) is 12.1 Å². The molecule has 1 aromatic rings. The van der Waals surface area contributed by atoms with Crippen LogP contribution in [0.2, 0.25) is 0 Å². The molecule has 1 aromatic carbocycles. The van der Waals surface area contributed by atoms with Crippen molar-refractivity contribution in [2.75, 3.05) is 5.08 Å². The second-order valence-corrected chi connectivity index (χ2v) is 5.26. The zero-order valence-electron chi connectivity index (χ0n) is 8.07. The molecule has 6 nitrogen and oxygen atoms in total. The highest BCUT2D eigenvalue weighted by Crippen LogP contribution is 2.13. The van der Waals surface area contributed by atoms with Gasteiger partial charge in [-0.25, -0.2) is 0 Å². The van der Waals surface area contributed by atoms with Crippen LogP contribution in [0.3, 0.4) is 0 Å². The number of thiol groups is 1. The van der Waals surface area contributed by atoms with Gasteiger partial charge < -0.3 is 0 Å². The van der Waals surface area contributed by atoms with E-state index in [-0.39, 0.29) is 12.3 Å². The molecule has 0 aromatic heterocycles. The minimum absolute atomic E-state index is 0.0548. The number of non-ortho nitro benzene ring substituents is 1. The van der Waals surface area contributed by atoms with Gasteiger partial charge in [-0.2, -0.15) is 21.0 Å². The first kappa shape index (κ1) is 12.9. The molecule has 0 amide bonds. The second kappa shape index (κ2) is 5.28. The van der Waals surface area contributed by atoms with E-state index in [1.165, 1.54) is 24.3 Å². The van der Waals surface area contributed by atoms with Gasteiger partial charge in [0.2, 0.25) is 0 Å². The summed E-state index contributed by atoms with van der Waals surface area (Å²) in [6, 6.07) is 5.44. The largest absolute Gasteiger partial charge is 0.276 e. The first-order valence-corrected chi connectivity index (χ1v) is 6.37. The third-order valence-corrected chi connectivity index (χ3v) is 3.45.